The number of hydrogen-bond donors (Lipinski definition) is 2. The van der Waals surface area contributed by atoms with Gasteiger partial charge >= 0.3 is 8.60 Å². The lowest BCUT2D eigenvalue weighted by Crippen LogP contribution is -1.91. The normalized spacial score (nSPS) is 10.7. The van der Waals surface area contributed by atoms with Gasteiger partial charge in [-0.1, -0.05) is 6.92 Å². The van der Waals surface area contributed by atoms with Crippen LogP contribution in [0.1, 0.15) is 6.92 Å². The summed E-state index contributed by atoms with van der Waals surface area (Å²) in [5, 5.41) is 0. The van der Waals surface area contributed by atoms with E-state index < -0.39 is 8.60 Å². The van der Waals surface area contributed by atoms with E-state index in [1.165, 1.54) is 0 Å². The molecule has 5 heteroatoms. The molecule has 0 spiro atoms. The molecule has 0 aliphatic heterocycles. The molecule has 0 aromatic rings. The maximum absolute atomic E-state index is 8.24. The lowest BCUT2D eigenvalue weighted by atomic mass is 10.9. The minimum absolute atomic E-state index is 0.428. The third-order valence-corrected chi connectivity index (χ3v) is 1.92. The summed E-state index contributed by atoms with van der Waals surface area (Å²) in [4.78, 5) is 16.5. The summed E-state index contributed by atoms with van der Waals surface area (Å²) in [5.41, 5.74) is 0. The fraction of sp³-hybridized carbons (Fsp3) is 1.00. The van der Waals surface area contributed by atoms with Crippen molar-refractivity contribution in [1.29, 1.82) is 0 Å². The Labute approximate surface area is 60.4 Å². The van der Waals surface area contributed by atoms with Gasteiger partial charge in [-0.05, 0) is 5.75 Å². The highest BCUT2D eigenvalue weighted by atomic mass is 32.2. The van der Waals surface area contributed by atoms with Crippen LogP contribution in [0.4, 0.5) is 0 Å². The lowest BCUT2D eigenvalue weighted by Gasteiger charge is -2.01. The first-order valence-corrected chi connectivity index (χ1v) is 4.98. The van der Waals surface area contributed by atoms with Crippen molar-refractivity contribution in [2.24, 2.45) is 0 Å². The largest absolute Gasteiger partial charge is 0.328 e. The summed E-state index contributed by atoms with van der Waals surface area (Å²) in [6.45, 7) is 2.47. The molecule has 0 heterocycles. The van der Waals surface area contributed by atoms with Crippen LogP contribution in [0.2, 0.25) is 0 Å². The number of hydrogen-bond acceptors (Lipinski definition) is 4. The second-order valence-electron chi connectivity index (χ2n) is 1.28. The molecule has 0 amide bonds. The van der Waals surface area contributed by atoms with Crippen LogP contribution in [0.25, 0.3) is 0 Å². The van der Waals surface area contributed by atoms with E-state index in [2.05, 4.69) is 4.52 Å². The van der Waals surface area contributed by atoms with Crippen molar-refractivity contribution < 1.29 is 14.3 Å². The molecule has 0 saturated heterocycles. The predicted molar refractivity (Wildman–Crippen MR) is 40.3 cm³/mol. The van der Waals surface area contributed by atoms with Crippen molar-refractivity contribution in [2.45, 2.75) is 6.92 Å². The Bertz CT molecular complexity index is 61.8. The highest BCUT2D eigenvalue weighted by Crippen LogP contribution is 2.23. The molecule has 0 aromatic carbocycles. The standard InChI is InChI=1S/C4H11O3PS/c1-2-9-4-3-7-8(5)6/h5-6H,2-4H2,1H3. The van der Waals surface area contributed by atoms with Crippen molar-refractivity contribution >= 4 is 20.4 Å². The fourth-order valence-corrected chi connectivity index (χ4v) is 1.19. The van der Waals surface area contributed by atoms with Crippen LogP contribution in [0.3, 0.4) is 0 Å². The van der Waals surface area contributed by atoms with Crippen LogP contribution in [0.15, 0.2) is 0 Å². The SMILES string of the molecule is CCSCCOP(O)O. The molecule has 0 rings (SSSR count). The van der Waals surface area contributed by atoms with Gasteiger partial charge in [-0.3, -0.25) is 0 Å². The molecule has 2 N–H and O–H groups in total. The average molecular weight is 170 g/mol. The van der Waals surface area contributed by atoms with Gasteiger partial charge in [0.05, 0.1) is 6.61 Å². The highest BCUT2D eigenvalue weighted by molar-refractivity contribution is 7.99. The van der Waals surface area contributed by atoms with Gasteiger partial charge in [0.15, 0.2) is 0 Å². The van der Waals surface area contributed by atoms with E-state index in [1.54, 1.807) is 11.8 Å². The van der Waals surface area contributed by atoms with Crippen LogP contribution >= 0.6 is 20.4 Å². The van der Waals surface area contributed by atoms with Gasteiger partial charge in [0.1, 0.15) is 0 Å². The van der Waals surface area contributed by atoms with E-state index in [0.29, 0.717) is 6.61 Å². The van der Waals surface area contributed by atoms with Crippen molar-refractivity contribution in [1.82, 2.24) is 0 Å². The van der Waals surface area contributed by atoms with Gasteiger partial charge in [-0.2, -0.15) is 11.8 Å². The molecular formula is C4H11O3PS. The van der Waals surface area contributed by atoms with Gasteiger partial charge in [-0.15, -0.1) is 0 Å². The first-order chi connectivity index (χ1) is 4.27. The predicted octanol–water partition coefficient (Wildman–Crippen LogP) is 0.968. The third-order valence-electron chi connectivity index (χ3n) is 0.639. The van der Waals surface area contributed by atoms with Crippen LogP contribution in [-0.2, 0) is 4.52 Å². The molecule has 3 nitrogen and oxygen atoms in total. The molecule has 0 fully saturated rings. The molecule has 0 aliphatic rings. The Morgan fingerprint density at radius 1 is 1.56 bits per heavy atom. The first-order valence-electron chi connectivity index (χ1n) is 2.66. The van der Waals surface area contributed by atoms with Crippen LogP contribution in [0, 0.1) is 0 Å². The molecule has 0 bridgehead atoms. The van der Waals surface area contributed by atoms with E-state index >= 15 is 0 Å². The average Bonchev–Trinajstić information content (AvgIpc) is 1.80. The van der Waals surface area contributed by atoms with Gasteiger partial charge in [-0.25, -0.2) is 0 Å². The van der Waals surface area contributed by atoms with E-state index in [0.717, 1.165) is 11.5 Å². The Hall–Kier alpha value is 0.660. The fourth-order valence-electron chi connectivity index (χ4n) is 0.322. The smallest absolute Gasteiger partial charge is 0.327 e. The Morgan fingerprint density at radius 2 is 2.22 bits per heavy atom. The van der Waals surface area contributed by atoms with Crippen LogP contribution < -0.4 is 0 Å². The summed E-state index contributed by atoms with van der Waals surface area (Å²) in [6.07, 6.45) is 0. The monoisotopic (exact) mass is 170 g/mol. The van der Waals surface area contributed by atoms with E-state index in [9.17, 15) is 0 Å². The van der Waals surface area contributed by atoms with Crippen LogP contribution in [-0.4, -0.2) is 27.9 Å². The quantitative estimate of drug-likeness (QED) is 0.476. The van der Waals surface area contributed by atoms with Gasteiger partial charge in [0.2, 0.25) is 0 Å². The van der Waals surface area contributed by atoms with Crippen molar-refractivity contribution in [3.05, 3.63) is 0 Å². The topological polar surface area (TPSA) is 49.7 Å². The summed E-state index contributed by atoms with van der Waals surface area (Å²) in [5.74, 6) is 1.87. The molecule has 0 unspecified atom stereocenters. The Morgan fingerprint density at radius 3 is 2.67 bits per heavy atom. The molecule has 0 radical (unpaired) electrons. The second kappa shape index (κ2) is 6.78. The molecule has 56 valence electrons. The maximum atomic E-state index is 8.24. The minimum Gasteiger partial charge on any atom is -0.328 e. The highest BCUT2D eigenvalue weighted by Gasteiger charge is 1.96. The van der Waals surface area contributed by atoms with Gasteiger partial charge in [0.25, 0.3) is 0 Å². The number of rotatable bonds is 5. The summed E-state index contributed by atoms with van der Waals surface area (Å²) < 4.78 is 4.50. The van der Waals surface area contributed by atoms with Gasteiger partial charge in [0, 0.05) is 5.75 Å². The van der Waals surface area contributed by atoms with E-state index in [4.69, 9.17) is 9.79 Å². The van der Waals surface area contributed by atoms with Gasteiger partial charge < -0.3 is 14.3 Å². The van der Waals surface area contributed by atoms with Crippen LogP contribution in [0.5, 0.6) is 0 Å². The zero-order chi connectivity index (χ0) is 7.11. The maximum Gasteiger partial charge on any atom is 0.327 e. The van der Waals surface area contributed by atoms with Crippen molar-refractivity contribution in [3.63, 3.8) is 0 Å². The Kier molecular flexibility index (Phi) is 7.27. The third kappa shape index (κ3) is 8.66. The Balaban J connectivity index is 2.75. The second-order valence-corrected chi connectivity index (χ2v) is 3.44. The summed E-state index contributed by atoms with van der Waals surface area (Å²) in [7, 11) is -2.13. The summed E-state index contributed by atoms with van der Waals surface area (Å²) >= 11 is 1.71. The van der Waals surface area contributed by atoms with Crippen molar-refractivity contribution in [2.75, 3.05) is 18.1 Å². The first kappa shape index (κ1) is 9.66. The molecule has 0 saturated carbocycles. The molecular weight excluding hydrogens is 159 g/mol. The molecule has 9 heavy (non-hydrogen) atoms. The van der Waals surface area contributed by atoms with E-state index in [1.807, 2.05) is 6.92 Å². The summed E-state index contributed by atoms with van der Waals surface area (Å²) in [6, 6.07) is 0. The van der Waals surface area contributed by atoms with Crippen molar-refractivity contribution in [3.8, 4) is 0 Å². The molecule has 0 aliphatic carbocycles. The molecule has 0 aromatic heterocycles. The lowest BCUT2D eigenvalue weighted by molar-refractivity contribution is 0.271. The number of thioether (sulfide) groups is 1. The zero-order valence-electron chi connectivity index (χ0n) is 5.28. The minimum atomic E-state index is -2.13. The zero-order valence-corrected chi connectivity index (χ0v) is 6.99. The molecule has 0 atom stereocenters. The van der Waals surface area contributed by atoms with E-state index in [-0.39, 0.29) is 0 Å².